The fraction of sp³-hybridized carbons (Fsp3) is 0.235. The van der Waals surface area contributed by atoms with Crippen molar-refractivity contribution in [1.29, 1.82) is 0 Å². The quantitative estimate of drug-likeness (QED) is 0.361. The topological polar surface area (TPSA) is 29.3 Å². The molecular formula is C17H20N2O. The number of rotatable bonds is 5. The molecule has 0 heterocycles. The van der Waals surface area contributed by atoms with Gasteiger partial charge in [0.15, 0.2) is 12.8 Å². The first-order chi connectivity index (χ1) is 9.65. The summed E-state index contributed by atoms with van der Waals surface area (Å²) in [7, 11) is 4.00. The van der Waals surface area contributed by atoms with Crippen molar-refractivity contribution in [2.45, 2.75) is 6.42 Å². The van der Waals surface area contributed by atoms with Gasteiger partial charge in [-0.15, -0.1) is 0 Å². The van der Waals surface area contributed by atoms with E-state index in [9.17, 15) is 5.21 Å². The van der Waals surface area contributed by atoms with Crippen molar-refractivity contribution < 1.29 is 4.74 Å². The van der Waals surface area contributed by atoms with Gasteiger partial charge < -0.3 is 10.1 Å². The van der Waals surface area contributed by atoms with Crippen molar-refractivity contribution in [3.8, 4) is 0 Å². The molecule has 0 N–H and O–H groups in total. The molecule has 0 aromatic heterocycles. The molecule has 2 rings (SSSR count). The molecule has 0 unspecified atom stereocenters. The second-order valence-corrected chi connectivity index (χ2v) is 4.99. The van der Waals surface area contributed by atoms with Gasteiger partial charge in [0, 0.05) is 31.8 Å². The zero-order chi connectivity index (χ0) is 14.4. The van der Waals surface area contributed by atoms with Crippen LogP contribution in [0.1, 0.15) is 11.1 Å². The lowest BCUT2D eigenvalue weighted by Gasteiger charge is -2.11. The van der Waals surface area contributed by atoms with E-state index in [-0.39, 0.29) is 0 Å². The maximum absolute atomic E-state index is 11.9. The van der Waals surface area contributed by atoms with Crippen molar-refractivity contribution in [3.05, 3.63) is 70.9 Å². The molecule has 0 bridgehead atoms. The summed E-state index contributed by atoms with van der Waals surface area (Å²) in [5.41, 5.74) is 3.24. The van der Waals surface area contributed by atoms with E-state index in [4.69, 9.17) is 0 Å². The molecule has 0 aliphatic heterocycles. The van der Waals surface area contributed by atoms with Gasteiger partial charge in [-0.05, 0) is 29.8 Å². The standard InChI is InChI=1S/C17H20N2O/c1-18(2)17-10-8-16(9-11-17)14-19(20)13-12-15-6-4-3-5-7-15/h3-11,14H,12-13H2,1-2H3/b19-14-. The van der Waals surface area contributed by atoms with Crippen LogP contribution in [-0.4, -0.2) is 31.6 Å². The molecule has 0 aliphatic carbocycles. The number of hydrogen-bond donors (Lipinski definition) is 0. The SMILES string of the molecule is CN(C)c1ccc(/C=[N+](\[O-])CCc2ccccc2)cc1. The fourth-order valence-corrected chi connectivity index (χ4v) is 1.97. The average molecular weight is 268 g/mol. The first-order valence-electron chi connectivity index (χ1n) is 6.75. The minimum absolute atomic E-state index is 0.472. The Morgan fingerprint density at radius 2 is 1.65 bits per heavy atom. The van der Waals surface area contributed by atoms with Gasteiger partial charge in [0.2, 0.25) is 0 Å². The maximum atomic E-state index is 11.9. The van der Waals surface area contributed by atoms with Gasteiger partial charge in [-0.3, -0.25) is 0 Å². The van der Waals surface area contributed by atoms with Crippen LogP contribution in [0.4, 0.5) is 5.69 Å². The van der Waals surface area contributed by atoms with Gasteiger partial charge in [0.25, 0.3) is 0 Å². The predicted molar refractivity (Wildman–Crippen MR) is 84.6 cm³/mol. The average Bonchev–Trinajstić information content (AvgIpc) is 2.47. The van der Waals surface area contributed by atoms with Crippen LogP contribution in [0, 0.1) is 5.21 Å². The van der Waals surface area contributed by atoms with Crippen molar-refractivity contribution in [2.24, 2.45) is 0 Å². The third-order valence-corrected chi connectivity index (χ3v) is 3.17. The van der Waals surface area contributed by atoms with Crippen LogP contribution in [0.5, 0.6) is 0 Å². The smallest absolute Gasteiger partial charge is 0.181 e. The van der Waals surface area contributed by atoms with Gasteiger partial charge in [-0.25, -0.2) is 4.74 Å². The van der Waals surface area contributed by atoms with Crippen molar-refractivity contribution in [2.75, 3.05) is 25.5 Å². The highest BCUT2D eigenvalue weighted by molar-refractivity contribution is 5.76. The van der Waals surface area contributed by atoms with Gasteiger partial charge in [-0.2, -0.15) is 0 Å². The third-order valence-electron chi connectivity index (χ3n) is 3.17. The second-order valence-electron chi connectivity index (χ2n) is 4.99. The van der Waals surface area contributed by atoms with Gasteiger partial charge >= 0.3 is 0 Å². The first-order valence-corrected chi connectivity index (χ1v) is 6.75. The molecule has 0 atom stereocenters. The molecule has 0 saturated heterocycles. The van der Waals surface area contributed by atoms with E-state index in [1.807, 2.05) is 73.6 Å². The van der Waals surface area contributed by atoms with E-state index in [0.29, 0.717) is 6.54 Å². The van der Waals surface area contributed by atoms with Crippen molar-refractivity contribution >= 4 is 11.9 Å². The van der Waals surface area contributed by atoms with Crippen molar-refractivity contribution in [1.82, 2.24) is 0 Å². The molecule has 104 valence electrons. The molecule has 0 saturated carbocycles. The summed E-state index contributed by atoms with van der Waals surface area (Å²) in [5, 5.41) is 11.9. The van der Waals surface area contributed by atoms with Crippen LogP contribution >= 0.6 is 0 Å². The fourth-order valence-electron chi connectivity index (χ4n) is 1.97. The van der Waals surface area contributed by atoms with Crippen LogP contribution in [-0.2, 0) is 6.42 Å². The largest absolute Gasteiger partial charge is 0.624 e. The maximum Gasteiger partial charge on any atom is 0.181 e. The molecule has 0 fully saturated rings. The summed E-state index contributed by atoms with van der Waals surface area (Å²) < 4.78 is 0.998. The summed E-state index contributed by atoms with van der Waals surface area (Å²) in [5.74, 6) is 0. The summed E-state index contributed by atoms with van der Waals surface area (Å²) in [4.78, 5) is 2.04. The molecule has 2 aromatic rings. The predicted octanol–water partition coefficient (Wildman–Crippen LogP) is 2.92. The van der Waals surface area contributed by atoms with Gasteiger partial charge in [0.05, 0.1) is 0 Å². The van der Waals surface area contributed by atoms with E-state index in [1.165, 1.54) is 5.56 Å². The monoisotopic (exact) mass is 268 g/mol. The lowest BCUT2D eigenvalue weighted by atomic mass is 10.1. The van der Waals surface area contributed by atoms with Gasteiger partial charge in [0.1, 0.15) is 0 Å². The molecule has 0 spiro atoms. The highest BCUT2D eigenvalue weighted by atomic mass is 16.5. The summed E-state index contributed by atoms with van der Waals surface area (Å²) >= 11 is 0. The summed E-state index contributed by atoms with van der Waals surface area (Å²) in [6.45, 7) is 0.472. The molecule has 0 amide bonds. The molecule has 0 radical (unpaired) electrons. The Bertz CT molecular complexity index is 559. The Labute approximate surface area is 120 Å². The lowest BCUT2D eigenvalue weighted by molar-refractivity contribution is -0.451. The van der Waals surface area contributed by atoms with Crippen LogP contribution in [0.15, 0.2) is 54.6 Å². The van der Waals surface area contributed by atoms with Crippen LogP contribution < -0.4 is 4.90 Å². The van der Waals surface area contributed by atoms with E-state index in [2.05, 4.69) is 0 Å². The Morgan fingerprint density at radius 3 is 2.25 bits per heavy atom. The Kier molecular flexibility index (Phi) is 4.77. The summed E-state index contributed by atoms with van der Waals surface area (Å²) in [6, 6.07) is 18.0. The number of anilines is 1. The molecule has 3 nitrogen and oxygen atoms in total. The van der Waals surface area contributed by atoms with E-state index in [0.717, 1.165) is 22.4 Å². The number of nitrogens with zero attached hydrogens (tertiary/aromatic N) is 2. The van der Waals surface area contributed by atoms with Gasteiger partial charge in [-0.1, -0.05) is 30.3 Å². The number of hydrogen-bond acceptors (Lipinski definition) is 2. The number of benzene rings is 2. The Hall–Kier alpha value is -2.29. The lowest BCUT2D eigenvalue weighted by Crippen LogP contribution is -2.11. The highest BCUT2D eigenvalue weighted by Crippen LogP contribution is 2.10. The molecule has 3 heteroatoms. The molecule has 2 aromatic carbocycles. The normalized spacial score (nSPS) is 11.4. The zero-order valence-corrected chi connectivity index (χ0v) is 12.0. The molecular weight excluding hydrogens is 248 g/mol. The van der Waals surface area contributed by atoms with Crippen LogP contribution in [0.25, 0.3) is 0 Å². The highest BCUT2D eigenvalue weighted by Gasteiger charge is 1.99. The molecule has 0 aliphatic rings. The minimum Gasteiger partial charge on any atom is -0.624 e. The van der Waals surface area contributed by atoms with E-state index < -0.39 is 0 Å². The van der Waals surface area contributed by atoms with Crippen LogP contribution in [0.2, 0.25) is 0 Å². The second kappa shape index (κ2) is 6.75. The summed E-state index contributed by atoms with van der Waals surface area (Å²) in [6.07, 6.45) is 2.40. The first kappa shape index (κ1) is 14.1. The third kappa shape index (κ3) is 4.12. The van der Waals surface area contributed by atoms with E-state index >= 15 is 0 Å². The minimum atomic E-state index is 0.472. The molecule has 20 heavy (non-hydrogen) atoms. The van der Waals surface area contributed by atoms with Crippen LogP contribution in [0.3, 0.4) is 0 Å². The van der Waals surface area contributed by atoms with E-state index in [1.54, 1.807) is 6.21 Å². The Morgan fingerprint density at radius 1 is 1.00 bits per heavy atom. The Balaban J connectivity index is 1.96. The zero-order valence-electron chi connectivity index (χ0n) is 12.0. The van der Waals surface area contributed by atoms with Crippen molar-refractivity contribution in [3.63, 3.8) is 0 Å². The number of hydroxylamine groups is 1.